The molecule has 1 atom stereocenters. The molecule has 0 spiro atoms. The zero-order chi connectivity index (χ0) is 15.9. The first-order valence-corrected chi connectivity index (χ1v) is 7.81. The first-order valence-electron chi connectivity index (χ1n) is 7.81. The Hall–Kier alpha value is -2.24. The van der Waals surface area contributed by atoms with Crippen molar-refractivity contribution in [2.45, 2.75) is 46.1 Å². The van der Waals surface area contributed by atoms with Gasteiger partial charge in [0.15, 0.2) is 0 Å². The van der Waals surface area contributed by atoms with E-state index in [-0.39, 0.29) is 11.9 Å². The number of hydrogen-bond donors (Lipinski definition) is 0. The van der Waals surface area contributed by atoms with Gasteiger partial charge in [0.25, 0.3) is 5.91 Å². The Bertz CT molecular complexity index is 596. The molecular formula is C16H23N5O. The Kier molecular flexibility index (Phi) is 5.63. The molecule has 0 radical (unpaired) electrons. The summed E-state index contributed by atoms with van der Waals surface area (Å²) in [5.41, 5.74) is 1.46. The van der Waals surface area contributed by atoms with Gasteiger partial charge in [0.1, 0.15) is 6.33 Å². The Labute approximate surface area is 131 Å². The van der Waals surface area contributed by atoms with Gasteiger partial charge in [-0.05, 0) is 48.4 Å². The van der Waals surface area contributed by atoms with Crippen LogP contribution in [-0.4, -0.2) is 43.6 Å². The minimum atomic E-state index is 0.0673. The summed E-state index contributed by atoms with van der Waals surface area (Å²) in [6.45, 7) is 7.13. The third-order valence-corrected chi connectivity index (χ3v) is 3.84. The van der Waals surface area contributed by atoms with Crippen LogP contribution in [0.2, 0.25) is 0 Å². The number of rotatable bonds is 7. The summed E-state index contributed by atoms with van der Waals surface area (Å²) in [5, 5.41) is 11.1. The Morgan fingerprint density at radius 1 is 1.36 bits per heavy atom. The van der Waals surface area contributed by atoms with Gasteiger partial charge in [-0.25, -0.2) is 4.68 Å². The lowest BCUT2D eigenvalue weighted by Crippen LogP contribution is -2.39. The molecule has 0 bridgehead atoms. The molecule has 0 aliphatic rings. The topological polar surface area (TPSA) is 63.9 Å². The number of aromatic nitrogens is 4. The van der Waals surface area contributed by atoms with Gasteiger partial charge in [-0.3, -0.25) is 4.79 Å². The molecule has 2 rings (SSSR count). The highest BCUT2D eigenvalue weighted by atomic mass is 16.2. The van der Waals surface area contributed by atoms with Crippen LogP contribution in [0.5, 0.6) is 0 Å². The van der Waals surface area contributed by atoms with Gasteiger partial charge in [-0.2, -0.15) is 0 Å². The SMILES string of the molecule is CCCCN(C(=O)c1cccc(-n2cnnn2)c1)C(C)CC. The number of carbonyl (C=O) groups is 1. The molecule has 0 aliphatic carbocycles. The van der Waals surface area contributed by atoms with Crippen LogP contribution >= 0.6 is 0 Å². The van der Waals surface area contributed by atoms with Gasteiger partial charge < -0.3 is 4.90 Å². The van der Waals surface area contributed by atoms with Crippen LogP contribution in [0.1, 0.15) is 50.4 Å². The number of amides is 1. The fraction of sp³-hybridized carbons (Fsp3) is 0.500. The van der Waals surface area contributed by atoms with Crippen molar-refractivity contribution in [3.63, 3.8) is 0 Å². The Morgan fingerprint density at radius 3 is 2.82 bits per heavy atom. The molecule has 0 fully saturated rings. The molecule has 0 N–H and O–H groups in total. The maximum Gasteiger partial charge on any atom is 0.254 e. The monoisotopic (exact) mass is 301 g/mol. The molecule has 0 saturated heterocycles. The van der Waals surface area contributed by atoms with Crippen LogP contribution in [0.15, 0.2) is 30.6 Å². The minimum absolute atomic E-state index is 0.0673. The maximum atomic E-state index is 12.8. The van der Waals surface area contributed by atoms with Crippen LogP contribution in [0.3, 0.4) is 0 Å². The molecule has 6 heteroatoms. The smallest absolute Gasteiger partial charge is 0.254 e. The van der Waals surface area contributed by atoms with E-state index in [2.05, 4.69) is 36.3 Å². The molecule has 2 aromatic rings. The Balaban J connectivity index is 2.24. The number of hydrogen-bond acceptors (Lipinski definition) is 4. The number of carbonyl (C=O) groups excluding carboxylic acids is 1. The van der Waals surface area contributed by atoms with Crippen molar-refractivity contribution < 1.29 is 4.79 Å². The molecule has 0 saturated carbocycles. The quantitative estimate of drug-likeness (QED) is 0.788. The molecule has 1 heterocycles. The van der Waals surface area contributed by atoms with Crippen molar-refractivity contribution in [2.75, 3.05) is 6.54 Å². The lowest BCUT2D eigenvalue weighted by atomic mass is 10.1. The lowest BCUT2D eigenvalue weighted by Gasteiger charge is -2.28. The summed E-state index contributed by atoms with van der Waals surface area (Å²) in [6.07, 6.45) is 4.56. The zero-order valence-electron chi connectivity index (χ0n) is 13.4. The number of unbranched alkanes of at least 4 members (excludes halogenated alkanes) is 1. The van der Waals surface area contributed by atoms with Crippen LogP contribution in [0.4, 0.5) is 0 Å². The summed E-state index contributed by atoms with van der Waals surface area (Å²) >= 11 is 0. The molecule has 1 aromatic carbocycles. The van der Waals surface area contributed by atoms with Crippen LogP contribution in [0.25, 0.3) is 5.69 Å². The number of benzene rings is 1. The van der Waals surface area contributed by atoms with E-state index in [0.29, 0.717) is 5.56 Å². The van der Waals surface area contributed by atoms with E-state index in [0.717, 1.165) is 31.5 Å². The summed E-state index contributed by atoms with van der Waals surface area (Å²) in [7, 11) is 0. The fourth-order valence-electron chi connectivity index (χ4n) is 2.30. The van der Waals surface area contributed by atoms with E-state index < -0.39 is 0 Å². The van der Waals surface area contributed by atoms with Crippen molar-refractivity contribution >= 4 is 5.91 Å². The predicted octanol–water partition coefficient (Wildman–Crippen LogP) is 2.70. The van der Waals surface area contributed by atoms with Crippen LogP contribution in [0, 0.1) is 0 Å². The zero-order valence-corrected chi connectivity index (χ0v) is 13.4. The second kappa shape index (κ2) is 7.68. The van der Waals surface area contributed by atoms with Crippen LogP contribution in [-0.2, 0) is 0 Å². The van der Waals surface area contributed by atoms with E-state index in [1.54, 1.807) is 4.68 Å². The van der Waals surface area contributed by atoms with E-state index in [1.807, 2.05) is 29.2 Å². The lowest BCUT2D eigenvalue weighted by molar-refractivity contribution is 0.0685. The summed E-state index contributed by atoms with van der Waals surface area (Å²) in [5.74, 6) is 0.0673. The predicted molar refractivity (Wildman–Crippen MR) is 84.9 cm³/mol. The van der Waals surface area contributed by atoms with Crippen molar-refractivity contribution in [3.8, 4) is 5.69 Å². The van der Waals surface area contributed by atoms with Gasteiger partial charge >= 0.3 is 0 Å². The molecule has 118 valence electrons. The fourth-order valence-corrected chi connectivity index (χ4v) is 2.30. The van der Waals surface area contributed by atoms with Gasteiger partial charge in [0.2, 0.25) is 0 Å². The normalized spacial score (nSPS) is 12.1. The second-order valence-corrected chi connectivity index (χ2v) is 5.41. The molecule has 1 amide bonds. The molecule has 0 aliphatic heterocycles. The van der Waals surface area contributed by atoms with E-state index in [9.17, 15) is 4.79 Å². The van der Waals surface area contributed by atoms with Crippen molar-refractivity contribution in [2.24, 2.45) is 0 Å². The van der Waals surface area contributed by atoms with E-state index >= 15 is 0 Å². The van der Waals surface area contributed by atoms with Crippen molar-refractivity contribution in [1.29, 1.82) is 0 Å². The van der Waals surface area contributed by atoms with Crippen molar-refractivity contribution in [1.82, 2.24) is 25.1 Å². The number of nitrogens with zero attached hydrogens (tertiary/aromatic N) is 5. The minimum Gasteiger partial charge on any atom is -0.336 e. The first-order chi connectivity index (χ1) is 10.7. The van der Waals surface area contributed by atoms with E-state index in [1.165, 1.54) is 6.33 Å². The molecule has 1 unspecified atom stereocenters. The summed E-state index contributed by atoms with van der Waals surface area (Å²) in [6, 6.07) is 7.65. The third-order valence-electron chi connectivity index (χ3n) is 3.84. The highest BCUT2D eigenvalue weighted by Gasteiger charge is 2.20. The second-order valence-electron chi connectivity index (χ2n) is 5.41. The molecule has 1 aromatic heterocycles. The maximum absolute atomic E-state index is 12.8. The van der Waals surface area contributed by atoms with Gasteiger partial charge in [-0.1, -0.05) is 26.3 Å². The van der Waals surface area contributed by atoms with Crippen LogP contribution < -0.4 is 0 Å². The average molecular weight is 301 g/mol. The molecule has 6 nitrogen and oxygen atoms in total. The van der Waals surface area contributed by atoms with Gasteiger partial charge in [-0.15, -0.1) is 5.10 Å². The third kappa shape index (κ3) is 3.69. The highest BCUT2D eigenvalue weighted by molar-refractivity contribution is 5.95. The summed E-state index contributed by atoms with van der Waals surface area (Å²) in [4.78, 5) is 14.8. The molecule has 22 heavy (non-hydrogen) atoms. The average Bonchev–Trinajstić information content (AvgIpc) is 3.09. The Morgan fingerprint density at radius 2 is 2.18 bits per heavy atom. The van der Waals surface area contributed by atoms with E-state index in [4.69, 9.17) is 0 Å². The van der Waals surface area contributed by atoms with Gasteiger partial charge in [0.05, 0.1) is 5.69 Å². The summed E-state index contributed by atoms with van der Waals surface area (Å²) < 4.78 is 1.55. The largest absolute Gasteiger partial charge is 0.336 e. The number of tetrazole rings is 1. The first kappa shape index (κ1) is 16.1. The van der Waals surface area contributed by atoms with Crippen molar-refractivity contribution in [3.05, 3.63) is 36.2 Å². The standard InChI is InChI=1S/C16H23N5O/c1-4-6-10-20(13(3)5-2)16(22)14-8-7-9-15(11-14)21-12-17-18-19-21/h7-9,11-13H,4-6,10H2,1-3H3. The molecular weight excluding hydrogens is 278 g/mol. The highest BCUT2D eigenvalue weighted by Crippen LogP contribution is 2.15. The van der Waals surface area contributed by atoms with Gasteiger partial charge in [0, 0.05) is 18.2 Å².